The first-order valence-electron chi connectivity index (χ1n) is 7.10. The Hall–Kier alpha value is -2.87. The Morgan fingerprint density at radius 1 is 1.17 bits per heavy atom. The topological polar surface area (TPSA) is 101 Å². The van der Waals surface area contributed by atoms with Crippen LogP contribution >= 0.6 is 0 Å². The number of fused-ring (bicyclic) bond motifs is 1. The molecule has 0 bridgehead atoms. The normalized spacial score (nSPS) is 11.6. The van der Waals surface area contributed by atoms with E-state index in [1.165, 1.54) is 24.3 Å². The van der Waals surface area contributed by atoms with Gasteiger partial charge in [0.15, 0.2) is 5.65 Å². The zero-order chi connectivity index (χ0) is 17.5. The van der Waals surface area contributed by atoms with Crippen molar-refractivity contribution in [1.82, 2.24) is 9.38 Å². The molecule has 0 aliphatic rings. The number of hydrogen-bond acceptors (Lipinski definition) is 4. The van der Waals surface area contributed by atoms with Crippen molar-refractivity contribution < 1.29 is 18.3 Å². The molecule has 8 heteroatoms. The van der Waals surface area contributed by atoms with Crippen molar-refractivity contribution in [2.75, 3.05) is 4.72 Å². The molecule has 3 rings (SSSR count). The zero-order valence-corrected chi connectivity index (χ0v) is 13.8. The van der Waals surface area contributed by atoms with Crippen LogP contribution in [0.25, 0.3) is 5.65 Å². The highest BCUT2D eigenvalue weighted by molar-refractivity contribution is 7.92. The number of nitrogens with zero attached hydrogens (tertiary/aromatic N) is 2. The summed E-state index contributed by atoms with van der Waals surface area (Å²) in [5, 5.41) is 8.88. The van der Waals surface area contributed by atoms with Crippen molar-refractivity contribution in [3.05, 3.63) is 59.5 Å². The predicted octanol–water partition coefficient (Wildman–Crippen LogP) is 2.45. The van der Waals surface area contributed by atoms with Gasteiger partial charge in [-0.1, -0.05) is 0 Å². The van der Waals surface area contributed by atoms with Crippen LogP contribution in [0.3, 0.4) is 0 Å². The Kier molecular flexibility index (Phi) is 3.76. The largest absolute Gasteiger partial charge is 0.478 e. The van der Waals surface area contributed by atoms with E-state index in [1.807, 2.05) is 20.0 Å². The second-order valence-electron chi connectivity index (χ2n) is 5.33. The first kappa shape index (κ1) is 16.0. The van der Waals surface area contributed by atoms with Gasteiger partial charge >= 0.3 is 5.97 Å². The molecular formula is C16H15N3O4S. The van der Waals surface area contributed by atoms with E-state index in [9.17, 15) is 13.2 Å². The van der Waals surface area contributed by atoms with Crippen LogP contribution in [0, 0.1) is 13.8 Å². The highest BCUT2D eigenvalue weighted by Gasteiger charge is 2.18. The summed E-state index contributed by atoms with van der Waals surface area (Å²) in [6.45, 7) is 3.75. The van der Waals surface area contributed by atoms with E-state index >= 15 is 0 Å². The summed E-state index contributed by atoms with van der Waals surface area (Å²) in [7, 11) is -3.85. The van der Waals surface area contributed by atoms with Crippen LogP contribution in [-0.4, -0.2) is 28.9 Å². The molecule has 3 aromatic rings. The minimum Gasteiger partial charge on any atom is -0.478 e. The van der Waals surface area contributed by atoms with E-state index in [4.69, 9.17) is 5.11 Å². The van der Waals surface area contributed by atoms with Crippen LogP contribution in [0.5, 0.6) is 0 Å². The number of rotatable bonds is 4. The van der Waals surface area contributed by atoms with Gasteiger partial charge in [-0.05, 0) is 50.2 Å². The molecule has 0 atom stereocenters. The van der Waals surface area contributed by atoms with Crippen LogP contribution in [0.15, 0.2) is 47.5 Å². The van der Waals surface area contributed by atoms with Crippen molar-refractivity contribution in [2.24, 2.45) is 0 Å². The molecule has 24 heavy (non-hydrogen) atoms. The number of aromatic nitrogens is 2. The molecule has 0 aliphatic carbocycles. The molecule has 0 amide bonds. The van der Waals surface area contributed by atoms with Crippen LogP contribution in [0.1, 0.15) is 21.7 Å². The fraction of sp³-hybridized carbons (Fsp3) is 0.125. The molecule has 124 valence electrons. The summed E-state index contributed by atoms with van der Waals surface area (Å²) >= 11 is 0. The predicted molar refractivity (Wildman–Crippen MR) is 88.9 cm³/mol. The number of carboxylic acids is 1. The quantitative estimate of drug-likeness (QED) is 0.756. The maximum absolute atomic E-state index is 12.5. The van der Waals surface area contributed by atoms with Crippen LogP contribution in [0.4, 0.5) is 5.69 Å². The molecular weight excluding hydrogens is 330 g/mol. The summed E-state index contributed by atoms with van der Waals surface area (Å²) < 4.78 is 29.4. The molecule has 2 heterocycles. The number of hydrogen-bond donors (Lipinski definition) is 2. The number of aryl methyl sites for hydroxylation is 2. The minimum absolute atomic E-state index is 0.0190. The third kappa shape index (κ3) is 2.71. The molecule has 0 saturated heterocycles. The van der Waals surface area contributed by atoms with Crippen LogP contribution in [-0.2, 0) is 10.0 Å². The first-order chi connectivity index (χ1) is 11.3. The molecule has 0 radical (unpaired) electrons. The fourth-order valence-corrected chi connectivity index (χ4v) is 3.42. The standard InChI is InChI=1S/C16H15N3O4S/c1-10-11(2)19-9-3-4-14(15(19)17-10)18-24(22,23)13-7-5-12(6-8-13)16(20)21/h3-9,18H,1-2H3,(H,20,21). The smallest absolute Gasteiger partial charge is 0.335 e. The lowest BCUT2D eigenvalue weighted by molar-refractivity contribution is 0.0696. The van der Waals surface area contributed by atoms with E-state index in [-0.39, 0.29) is 10.5 Å². The van der Waals surface area contributed by atoms with Gasteiger partial charge in [0.1, 0.15) is 0 Å². The minimum atomic E-state index is -3.85. The van der Waals surface area contributed by atoms with E-state index in [1.54, 1.807) is 16.5 Å². The number of benzene rings is 1. The van der Waals surface area contributed by atoms with Crippen molar-refractivity contribution >= 4 is 27.3 Å². The highest BCUT2D eigenvalue weighted by Crippen LogP contribution is 2.22. The Morgan fingerprint density at radius 3 is 2.46 bits per heavy atom. The Morgan fingerprint density at radius 2 is 1.83 bits per heavy atom. The van der Waals surface area contributed by atoms with Gasteiger partial charge in [-0.3, -0.25) is 4.72 Å². The van der Waals surface area contributed by atoms with Crippen molar-refractivity contribution in [3.8, 4) is 0 Å². The second kappa shape index (κ2) is 5.64. The van der Waals surface area contributed by atoms with Gasteiger partial charge in [-0.25, -0.2) is 18.2 Å². The van der Waals surface area contributed by atoms with Gasteiger partial charge in [0.25, 0.3) is 10.0 Å². The molecule has 1 aromatic carbocycles. The Labute approximate surface area is 138 Å². The molecule has 0 unspecified atom stereocenters. The third-order valence-electron chi connectivity index (χ3n) is 3.78. The fourth-order valence-electron chi connectivity index (χ4n) is 2.36. The van der Waals surface area contributed by atoms with Gasteiger partial charge < -0.3 is 9.51 Å². The number of pyridine rings is 1. The highest BCUT2D eigenvalue weighted by atomic mass is 32.2. The summed E-state index contributed by atoms with van der Waals surface area (Å²) in [6.07, 6.45) is 1.81. The van der Waals surface area contributed by atoms with E-state index < -0.39 is 16.0 Å². The number of sulfonamides is 1. The van der Waals surface area contributed by atoms with E-state index in [0.29, 0.717) is 11.3 Å². The van der Waals surface area contributed by atoms with Gasteiger partial charge in [-0.15, -0.1) is 0 Å². The average molecular weight is 345 g/mol. The van der Waals surface area contributed by atoms with Crippen LogP contribution in [0.2, 0.25) is 0 Å². The number of anilines is 1. The third-order valence-corrected chi connectivity index (χ3v) is 5.16. The molecule has 0 spiro atoms. The summed E-state index contributed by atoms with van der Waals surface area (Å²) in [4.78, 5) is 15.2. The van der Waals surface area contributed by atoms with E-state index in [0.717, 1.165) is 11.4 Å². The second-order valence-corrected chi connectivity index (χ2v) is 7.02. The van der Waals surface area contributed by atoms with Crippen LogP contribution < -0.4 is 4.72 Å². The average Bonchev–Trinajstić information content (AvgIpc) is 2.84. The molecule has 0 saturated carbocycles. The number of nitrogens with one attached hydrogen (secondary N) is 1. The monoisotopic (exact) mass is 345 g/mol. The molecule has 0 aliphatic heterocycles. The Balaban J connectivity index is 2.01. The SMILES string of the molecule is Cc1nc2c(NS(=O)(=O)c3ccc(C(=O)O)cc3)cccn2c1C. The number of imidazole rings is 1. The summed E-state index contributed by atoms with van der Waals surface area (Å²) in [5.41, 5.74) is 2.63. The van der Waals surface area contributed by atoms with Crippen molar-refractivity contribution in [2.45, 2.75) is 18.7 Å². The van der Waals surface area contributed by atoms with Gasteiger partial charge in [-0.2, -0.15) is 0 Å². The lowest BCUT2D eigenvalue weighted by atomic mass is 10.2. The molecule has 2 aromatic heterocycles. The van der Waals surface area contributed by atoms with Crippen molar-refractivity contribution in [3.63, 3.8) is 0 Å². The lowest BCUT2D eigenvalue weighted by Gasteiger charge is -2.09. The van der Waals surface area contributed by atoms with Gasteiger partial charge in [0.2, 0.25) is 0 Å². The summed E-state index contributed by atoms with van der Waals surface area (Å²) in [5.74, 6) is -1.11. The van der Waals surface area contributed by atoms with Gasteiger partial charge in [0, 0.05) is 11.9 Å². The van der Waals surface area contributed by atoms with Crippen molar-refractivity contribution in [1.29, 1.82) is 0 Å². The first-order valence-corrected chi connectivity index (χ1v) is 8.58. The molecule has 7 nitrogen and oxygen atoms in total. The summed E-state index contributed by atoms with van der Waals surface area (Å²) in [6, 6.07) is 8.38. The number of aromatic carboxylic acids is 1. The van der Waals surface area contributed by atoms with E-state index in [2.05, 4.69) is 9.71 Å². The molecule has 2 N–H and O–H groups in total. The number of carbonyl (C=O) groups is 1. The lowest BCUT2D eigenvalue weighted by Crippen LogP contribution is -2.14. The van der Waals surface area contributed by atoms with Gasteiger partial charge in [0.05, 0.1) is 21.8 Å². The Bertz CT molecular complexity index is 1040. The maximum Gasteiger partial charge on any atom is 0.335 e. The number of carboxylic acid groups (broad SMARTS) is 1. The zero-order valence-electron chi connectivity index (χ0n) is 13.0. The molecule has 0 fully saturated rings. The maximum atomic E-state index is 12.5.